The van der Waals surface area contributed by atoms with Crippen LogP contribution in [0.25, 0.3) is 0 Å². The van der Waals surface area contributed by atoms with Crippen LogP contribution in [0, 0.1) is 6.92 Å². The van der Waals surface area contributed by atoms with Crippen LogP contribution in [0.2, 0.25) is 0 Å². The van der Waals surface area contributed by atoms with E-state index in [9.17, 15) is 4.79 Å². The summed E-state index contributed by atoms with van der Waals surface area (Å²) in [6.45, 7) is 4.17. The minimum Gasteiger partial charge on any atom is -0.366 e. The third-order valence-electron chi connectivity index (χ3n) is 2.48. The van der Waals surface area contributed by atoms with Gasteiger partial charge in [0.25, 0.3) is 5.56 Å². The average Bonchev–Trinajstić information content (AvgIpc) is 2.70. The van der Waals surface area contributed by atoms with Crippen molar-refractivity contribution in [3.63, 3.8) is 0 Å². The Morgan fingerprint density at radius 1 is 1.56 bits per heavy atom. The topological polar surface area (TPSA) is 57.8 Å². The van der Waals surface area contributed by atoms with Crippen LogP contribution >= 0.6 is 27.3 Å². The van der Waals surface area contributed by atoms with Crippen molar-refractivity contribution in [3.05, 3.63) is 43.0 Å². The van der Waals surface area contributed by atoms with Gasteiger partial charge in [-0.25, -0.2) is 4.98 Å². The molecule has 1 unspecified atom stereocenters. The number of rotatable bonds is 4. The zero-order valence-corrected chi connectivity index (χ0v) is 12.6. The van der Waals surface area contributed by atoms with E-state index >= 15 is 0 Å². The summed E-state index contributed by atoms with van der Waals surface area (Å²) in [4.78, 5) is 20.7. The third-order valence-corrected chi connectivity index (χ3v) is 4.24. The maximum atomic E-state index is 11.4. The second-order valence-corrected chi connectivity index (χ2v) is 6.32. The molecule has 2 heterocycles. The van der Waals surface area contributed by atoms with Gasteiger partial charge in [0.1, 0.15) is 10.3 Å². The molecule has 0 aliphatic carbocycles. The van der Waals surface area contributed by atoms with Crippen molar-refractivity contribution in [1.29, 1.82) is 0 Å². The van der Waals surface area contributed by atoms with Crippen molar-refractivity contribution in [2.45, 2.75) is 26.3 Å². The fourth-order valence-corrected chi connectivity index (χ4v) is 3.02. The van der Waals surface area contributed by atoms with Crippen LogP contribution in [0.3, 0.4) is 0 Å². The number of nitrogens with one attached hydrogen (secondary N) is 2. The monoisotopic (exact) mass is 327 g/mol. The second kappa shape index (κ2) is 5.67. The smallest absolute Gasteiger partial charge is 0.267 e. The van der Waals surface area contributed by atoms with Crippen LogP contribution in [0.1, 0.15) is 16.7 Å². The lowest BCUT2D eigenvalue weighted by Crippen LogP contribution is -2.21. The molecule has 6 heteroatoms. The van der Waals surface area contributed by atoms with Gasteiger partial charge in [-0.15, -0.1) is 11.3 Å². The molecule has 0 bridgehead atoms. The van der Waals surface area contributed by atoms with E-state index in [1.807, 2.05) is 0 Å². The van der Waals surface area contributed by atoms with E-state index in [2.05, 4.69) is 57.2 Å². The number of aromatic amines is 1. The summed E-state index contributed by atoms with van der Waals surface area (Å²) in [6, 6.07) is 4.47. The SMILES string of the molecule is Cc1ccc(CC(C)Nc2nc[nH]c(=O)c2Br)s1. The molecule has 2 aromatic rings. The minimum absolute atomic E-state index is 0.174. The summed E-state index contributed by atoms with van der Waals surface area (Å²) in [6.07, 6.45) is 2.32. The van der Waals surface area contributed by atoms with Gasteiger partial charge < -0.3 is 10.3 Å². The predicted molar refractivity (Wildman–Crippen MR) is 78.4 cm³/mol. The summed E-state index contributed by atoms with van der Waals surface area (Å²) in [5.74, 6) is 0.583. The number of aryl methyl sites for hydroxylation is 1. The Kier molecular flexibility index (Phi) is 4.19. The van der Waals surface area contributed by atoms with Gasteiger partial charge in [0, 0.05) is 22.2 Å². The van der Waals surface area contributed by atoms with Crippen molar-refractivity contribution >= 4 is 33.1 Å². The van der Waals surface area contributed by atoms with Crippen molar-refractivity contribution in [2.24, 2.45) is 0 Å². The lowest BCUT2D eigenvalue weighted by Gasteiger charge is -2.14. The quantitative estimate of drug-likeness (QED) is 0.907. The number of thiophene rings is 1. The van der Waals surface area contributed by atoms with E-state index in [0.29, 0.717) is 10.3 Å². The maximum absolute atomic E-state index is 11.4. The molecule has 0 saturated carbocycles. The highest BCUT2D eigenvalue weighted by molar-refractivity contribution is 9.10. The van der Waals surface area contributed by atoms with E-state index in [4.69, 9.17) is 0 Å². The highest BCUT2D eigenvalue weighted by atomic mass is 79.9. The van der Waals surface area contributed by atoms with E-state index in [-0.39, 0.29) is 11.6 Å². The molecular weight excluding hydrogens is 314 g/mol. The molecule has 4 nitrogen and oxygen atoms in total. The Morgan fingerprint density at radius 2 is 2.33 bits per heavy atom. The van der Waals surface area contributed by atoms with Gasteiger partial charge in [-0.05, 0) is 41.9 Å². The summed E-state index contributed by atoms with van der Waals surface area (Å²) in [7, 11) is 0. The largest absolute Gasteiger partial charge is 0.366 e. The van der Waals surface area contributed by atoms with Gasteiger partial charge in [-0.1, -0.05) is 0 Å². The average molecular weight is 328 g/mol. The fraction of sp³-hybridized carbons (Fsp3) is 0.333. The maximum Gasteiger partial charge on any atom is 0.267 e. The van der Waals surface area contributed by atoms with E-state index in [1.54, 1.807) is 11.3 Å². The zero-order valence-electron chi connectivity index (χ0n) is 10.2. The van der Waals surface area contributed by atoms with Gasteiger partial charge in [0.05, 0.1) is 6.33 Å². The molecule has 2 aromatic heterocycles. The van der Waals surface area contributed by atoms with Crippen molar-refractivity contribution < 1.29 is 0 Å². The Hall–Kier alpha value is -1.14. The molecule has 2 N–H and O–H groups in total. The van der Waals surface area contributed by atoms with E-state index < -0.39 is 0 Å². The number of aromatic nitrogens is 2. The van der Waals surface area contributed by atoms with Crippen molar-refractivity contribution in [2.75, 3.05) is 5.32 Å². The molecule has 0 fully saturated rings. The highest BCUT2D eigenvalue weighted by Gasteiger charge is 2.10. The first-order valence-corrected chi connectivity index (χ1v) is 7.22. The molecular formula is C12H14BrN3OS. The number of halogens is 1. The van der Waals surface area contributed by atoms with Crippen LogP contribution in [0.4, 0.5) is 5.82 Å². The lowest BCUT2D eigenvalue weighted by molar-refractivity contribution is 0.791. The Balaban J connectivity index is 2.05. The lowest BCUT2D eigenvalue weighted by atomic mass is 10.2. The summed E-state index contributed by atoms with van der Waals surface area (Å²) in [5.41, 5.74) is -0.174. The van der Waals surface area contributed by atoms with Crippen LogP contribution in [0.5, 0.6) is 0 Å². The Labute approximate surface area is 118 Å². The highest BCUT2D eigenvalue weighted by Crippen LogP contribution is 2.19. The Bertz CT molecular complexity index is 593. The number of hydrogen-bond donors (Lipinski definition) is 2. The molecule has 96 valence electrons. The standard InChI is InChI=1S/C12H14BrN3OS/c1-7(5-9-4-3-8(2)18-9)16-11-10(13)12(17)15-6-14-11/h3-4,6-7H,5H2,1-2H3,(H2,14,15,16,17). The first-order chi connectivity index (χ1) is 8.56. The summed E-state index contributed by atoms with van der Waals surface area (Å²) >= 11 is 5.03. The number of anilines is 1. The van der Waals surface area contributed by atoms with Crippen LogP contribution < -0.4 is 10.9 Å². The molecule has 0 amide bonds. The Morgan fingerprint density at radius 3 is 3.00 bits per heavy atom. The first-order valence-electron chi connectivity index (χ1n) is 5.61. The first kappa shape index (κ1) is 13.3. The van der Waals surface area contributed by atoms with Gasteiger partial charge >= 0.3 is 0 Å². The number of hydrogen-bond acceptors (Lipinski definition) is 4. The predicted octanol–water partition coefficient (Wildman–Crippen LogP) is 2.95. The van der Waals surface area contributed by atoms with Crippen molar-refractivity contribution in [1.82, 2.24) is 9.97 Å². The van der Waals surface area contributed by atoms with Gasteiger partial charge in [0.15, 0.2) is 0 Å². The van der Waals surface area contributed by atoms with Crippen LogP contribution in [-0.2, 0) is 6.42 Å². The van der Waals surface area contributed by atoms with Gasteiger partial charge in [-0.3, -0.25) is 4.79 Å². The van der Waals surface area contributed by atoms with E-state index in [0.717, 1.165) is 6.42 Å². The number of H-pyrrole nitrogens is 1. The fourth-order valence-electron chi connectivity index (χ4n) is 1.66. The van der Waals surface area contributed by atoms with Gasteiger partial charge in [-0.2, -0.15) is 0 Å². The van der Waals surface area contributed by atoms with Crippen LogP contribution in [0.15, 0.2) is 27.7 Å². The summed E-state index contributed by atoms with van der Waals surface area (Å²) in [5, 5.41) is 3.24. The normalized spacial score (nSPS) is 12.4. The van der Waals surface area contributed by atoms with E-state index in [1.165, 1.54) is 16.1 Å². The second-order valence-electron chi connectivity index (χ2n) is 4.16. The molecule has 2 rings (SSSR count). The molecule has 0 aliphatic heterocycles. The summed E-state index contributed by atoms with van der Waals surface area (Å²) < 4.78 is 0.444. The molecule has 1 atom stereocenters. The molecule has 18 heavy (non-hydrogen) atoms. The van der Waals surface area contributed by atoms with Crippen LogP contribution in [-0.4, -0.2) is 16.0 Å². The molecule has 0 aromatic carbocycles. The number of nitrogens with zero attached hydrogens (tertiary/aromatic N) is 1. The molecule has 0 spiro atoms. The minimum atomic E-state index is -0.174. The zero-order chi connectivity index (χ0) is 13.1. The van der Waals surface area contributed by atoms with Gasteiger partial charge in [0.2, 0.25) is 0 Å². The molecule has 0 aliphatic rings. The molecule has 0 saturated heterocycles. The van der Waals surface area contributed by atoms with Crippen molar-refractivity contribution in [3.8, 4) is 0 Å². The third kappa shape index (κ3) is 3.20. The molecule has 0 radical (unpaired) electrons.